The van der Waals surface area contributed by atoms with Crippen molar-refractivity contribution in [3.05, 3.63) is 74.8 Å². The molecule has 6 heteroatoms. The first-order valence-corrected chi connectivity index (χ1v) is 8.79. The minimum absolute atomic E-state index is 0.0310. The minimum Gasteiger partial charge on any atom is -0.351 e. The molecule has 0 heterocycles. The zero-order chi connectivity index (χ0) is 17.5. The Morgan fingerprint density at radius 2 is 2.00 bits per heavy atom. The number of nitro benzene ring substituents is 1. The van der Waals surface area contributed by atoms with E-state index < -0.39 is 4.92 Å². The first-order chi connectivity index (χ1) is 11.5. The lowest BCUT2D eigenvalue weighted by molar-refractivity contribution is -0.385. The number of hydrogen-bond acceptors (Lipinski definition) is 4. The number of hydrogen-bond donors (Lipinski definition) is 1. The lowest BCUT2D eigenvalue weighted by Gasteiger charge is -2.06. The van der Waals surface area contributed by atoms with Crippen molar-refractivity contribution in [2.45, 2.75) is 19.6 Å². The molecular formula is C18H20N2O3S. The van der Waals surface area contributed by atoms with Gasteiger partial charge in [-0.1, -0.05) is 35.9 Å². The van der Waals surface area contributed by atoms with Gasteiger partial charge in [-0.25, -0.2) is 0 Å². The van der Waals surface area contributed by atoms with Crippen LogP contribution in [0.4, 0.5) is 5.69 Å². The van der Waals surface area contributed by atoms with E-state index in [1.165, 1.54) is 17.2 Å². The third-order valence-electron chi connectivity index (χ3n) is 3.55. The van der Waals surface area contributed by atoms with E-state index in [-0.39, 0.29) is 11.6 Å². The number of benzene rings is 2. The Morgan fingerprint density at radius 3 is 2.71 bits per heavy atom. The second-order valence-corrected chi connectivity index (χ2v) is 6.66. The van der Waals surface area contributed by atoms with Crippen molar-refractivity contribution in [3.8, 4) is 0 Å². The molecule has 0 fully saturated rings. The Morgan fingerprint density at radius 1 is 1.21 bits per heavy atom. The van der Waals surface area contributed by atoms with Gasteiger partial charge in [0, 0.05) is 35.2 Å². The van der Waals surface area contributed by atoms with Gasteiger partial charge in [0.05, 0.1) is 4.92 Å². The lowest BCUT2D eigenvalue weighted by atomic mass is 10.1. The summed E-state index contributed by atoms with van der Waals surface area (Å²) in [4.78, 5) is 22.5. The molecule has 0 atom stereocenters. The molecule has 1 amide bonds. The predicted molar refractivity (Wildman–Crippen MR) is 97.5 cm³/mol. The van der Waals surface area contributed by atoms with Crippen LogP contribution in [-0.2, 0) is 5.75 Å². The van der Waals surface area contributed by atoms with Crippen molar-refractivity contribution in [3.63, 3.8) is 0 Å². The molecule has 5 nitrogen and oxygen atoms in total. The van der Waals surface area contributed by atoms with Gasteiger partial charge < -0.3 is 5.32 Å². The molecule has 0 aliphatic heterocycles. The van der Waals surface area contributed by atoms with Crippen LogP contribution in [0.25, 0.3) is 0 Å². The van der Waals surface area contributed by atoms with Crippen LogP contribution in [0.5, 0.6) is 0 Å². The highest BCUT2D eigenvalue weighted by Crippen LogP contribution is 2.19. The standard InChI is InChI=1S/C18H20N2O3S/c1-13-4-3-5-15(10-13)12-24-9-8-19-18(21)16-7-6-14(2)17(11-16)20(22)23/h3-7,10-11H,8-9,12H2,1-2H3,(H,19,21). The van der Waals surface area contributed by atoms with Crippen LogP contribution in [0.2, 0.25) is 0 Å². The van der Waals surface area contributed by atoms with Crippen molar-refractivity contribution in [2.75, 3.05) is 12.3 Å². The van der Waals surface area contributed by atoms with Crippen LogP contribution in [0.1, 0.15) is 27.0 Å². The molecule has 0 bridgehead atoms. The highest BCUT2D eigenvalue weighted by atomic mass is 32.2. The van der Waals surface area contributed by atoms with Crippen LogP contribution in [-0.4, -0.2) is 23.1 Å². The molecule has 2 rings (SSSR count). The van der Waals surface area contributed by atoms with Gasteiger partial charge in [0.1, 0.15) is 0 Å². The largest absolute Gasteiger partial charge is 0.351 e. The highest BCUT2D eigenvalue weighted by Gasteiger charge is 2.14. The maximum absolute atomic E-state index is 12.1. The molecule has 2 aromatic rings. The molecule has 0 saturated carbocycles. The Hall–Kier alpha value is -2.34. The molecule has 0 radical (unpaired) electrons. The molecule has 0 unspecified atom stereocenters. The summed E-state index contributed by atoms with van der Waals surface area (Å²) < 4.78 is 0. The van der Waals surface area contributed by atoms with Gasteiger partial charge in [-0.15, -0.1) is 0 Å². The smallest absolute Gasteiger partial charge is 0.273 e. The van der Waals surface area contributed by atoms with Gasteiger partial charge in [0.15, 0.2) is 0 Å². The Labute approximate surface area is 145 Å². The first kappa shape index (κ1) is 18.0. The van der Waals surface area contributed by atoms with Gasteiger partial charge >= 0.3 is 0 Å². The molecule has 2 aromatic carbocycles. The molecule has 1 N–H and O–H groups in total. The summed E-state index contributed by atoms with van der Waals surface area (Å²) in [5, 5.41) is 13.7. The number of thioether (sulfide) groups is 1. The number of carbonyl (C=O) groups is 1. The minimum atomic E-state index is -0.468. The van der Waals surface area contributed by atoms with Crippen LogP contribution >= 0.6 is 11.8 Å². The molecule has 0 aromatic heterocycles. The topological polar surface area (TPSA) is 72.2 Å². The second-order valence-electron chi connectivity index (χ2n) is 5.56. The lowest BCUT2D eigenvalue weighted by Crippen LogP contribution is -2.25. The Kier molecular flexibility index (Phi) is 6.37. The van der Waals surface area contributed by atoms with Crippen LogP contribution in [0, 0.1) is 24.0 Å². The van der Waals surface area contributed by atoms with Gasteiger partial charge in [-0.05, 0) is 25.5 Å². The fourth-order valence-electron chi connectivity index (χ4n) is 2.28. The molecular weight excluding hydrogens is 324 g/mol. The molecule has 0 aliphatic rings. The summed E-state index contributed by atoms with van der Waals surface area (Å²) >= 11 is 1.74. The Bertz CT molecular complexity index is 747. The summed E-state index contributed by atoms with van der Waals surface area (Å²) in [7, 11) is 0. The predicted octanol–water partition coefficient (Wildman–Crippen LogP) is 3.87. The number of carbonyl (C=O) groups excluding carboxylic acids is 1. The monoisotopic (exact) mass is 344 g/mol. The fourth-order valence-corrected chi connectivity index (χ4v) is 3.08. The second kappa shape index (κ2) is 8.49. The number of aryl methyl sites for hydroxylation is 2. The van der Waals surface area contributed by atoms with Gasteiger partial charge in [-0.3, -0.25) is 14.9 Å². The number of amides is 1. The van der Waals surface area contributed by atoms with Crippen molar-refractivity contribution in [1.82, 2.24) is 5.32 Å². The summed E-state index contributed by atoms with van der Waals surface area (Å²) in [6, 6.07) is 12.9. The van der Waals surface area contributed by atoms with Crippen LogP contribution < -0.4 is 5.32 Å². The average molecular weight is 344 g/mol. The third kappa shape index (κ3) is 5.09. The van der Waals surface area contributed by atoms with Crippen molar-refractivity contribution < 1.29 is 9.72 Å². The van der Waals surface area contributed by atoms with Crippen LogP contribution in [0.3, 0.4) is 0 Å². The summed E-state index contributed by atoms with van der Waals surface area (Å²) in [6.07, 6.45) is 0. The van der Waals surface area contributed by atoms with E-state index in [0.717, 1.165) is 11.5 Å². The van der Waals surface area contributed by atoms with E-state index in [1.54, 1.807) is 30.8 Å². The van der Waals surface area contributed by atoms with Crippen molar-refractivity contribution >= 4 is 23.4 Å². The number of nitro groups is 1. The quantitative estimate of drug-likeness (QED) is 0.470. The zero-order valence-corrected chi connectivity index (χ0v) is 14.6. The van der Waals surface area contributed by atoms with Gasteiger partial charge in [-0.2, -0.15) is 11.8 Å². The number of nitrogens with zero attached hydrogens (tertiary/aromatic N) is 1. The molecule has 0 saturated heterocycles. The number of rotatable bonds is 7. The number of nitrogens with one attached hydrogen (secondary N) is 1. The van der Waals surface area contributed by atoms with E-state index in [1.807, 2.05) is 6.07 Å². The molecule has 24 heavy (non-hydrogen) atoms. The normalized spacial score (nSPS) is 10.4. The highest BCUT2D eigenvalue weighted by molar-refractivity contribution is 7.98. The first-order valence-electron chi connectivity index (χ1n) is 7.64. The van der Waals surface area contributed by atoms with E-state index in [2.05, 4.69) is 30.4 Å². The average Bonchev–Trinajstić information content (AvgIpc) is 2.54. The van der Waals surface area contributed by atoms with Crippen molar-refractivity contribution in [1.29, 1.82) is 0 Å². The van der Waals surface area contributed by atoms with E-state index >= 15 is 0 Å². The van der Waals surface area contributed by atoms with Gasteiger partial charge in [0.25, 0.3) is 11.6 Å². The Balaban J connectivity index is 1.79. The molecule has 0 aliphatic carbocycles. The summed E-state index contributed by atoms with van der Waals surface area (Å²) in [6.45, 7) is 4.24. The molecule has 0 spiro atoms. The maximum atomic E-state index is 12.1. The maximum Gasteiger partial charge on any atom is 0.273 e. The van der Waals surface area contributed by atoms with Crippen LogP contribution in [0.15, 0.2) is 42.5 Å². The third-order valence-corrected chi connectivity index (χ3v) is 4.58. The van der Waals surface area contributed by atoms with E-state index in [9.17, 15) is 14.9 Å². The van der Waals surface area contributed by atoms with E-state index in [0.29, 0.717) is 17.7 Å². The summed E-state index contributed by atoms with van der Waals surface area (Å²) in [5.41, 5.74) is 3.33. The van der Waals surface area contributed by atoms with E-state index in [4.69, 9.17) is 0 Å². The van der Waals surface area contributed by atoms with Gasteiger partial charge in [0.2, 0.25) is 0 Å². The summed E-state index contributed by atoms with van der Waals surface area (Å²) in [5.74, 6) is 1.40. The zero-order valence-electron chi connectivity index (χ0n) is 13.7. The SMILES string of the molecule is Cc1cccc(CSCCNC(=O)c2ccc(C)c([N+](=O)[O-])c2)c1. The van der Waals surface area contributed by atoms with Crippen molar-refractivity contribution in [2.24, 2.45) is 0 Å². The fraction of sp³-hybridized carbons (Fsp3) is 0.278. The molecule has 126 valence electrons.